The van der Waals surface area contributed by atoms with Crippen molar-refractivity contribution in [2.24, 2.45) is 5.92 Å². The van der Waals surface area contributed by atoms with Crippen LogP contribution in [0.3, 0.4) is 0 Å². The van der Waals surface area contributed by atoms with Gasteiger partial charge in [-0.2, -0.15) is 0 Å². The van der Waals surface area contributed by atoms with E-state index in [4.69, 9.17) is 4.74 Å². The molecule has 0 spiro atoms. The number of piperidine rings is 1. The number of carbonyl (C=O) groups is 1. The summed E-state index contributed by atoms with van der Waals surface area (Å²) in [6, 6.07) is 14.3. The fraction of sp³-hybridized carbons (Fsp3) is 0.333. The number of imidazole rings is 1. The minimum absolute atomic E-state index is 0.0323. The summed E-state index contributed by atoms with van der Waals surface area (Å²) >= 11 is 0. The number of methoxy groups -OCH3 is 1. The summed E-state index contributed by atoms with van der Waals surface area (Å²) in [7, 11) is 1.60. The highest BCUT2D eigenvalue weighted by Crippen LogP contribution is 2.28. The summed E-state index contributed by atoms with van der Waals surface area (Å²) in [5, 5.41) is 0. The highest BCUT2D eigenvalue weighted by atomic mass is 16.5. The van der Waals surface area contributed by atoms with Crippen LogP contribution in [0.2, 0.25) is 0 Å². The van der Waals surface area contributed by atoms with Crippen LogP contribution in [-0.4, -0.2) is 41.0 Å². The van der Waals surface area contributed by atoms with Crippen LogP contribution in [0.1, 0.15) is 28.8 Å². The molecule has 1 amide bonds. The molecule has 1 aliphatic rings. The van der Waals surface area contributed by atoms with Crippen molar-refractivity contribution in [3.8, 4) is 5.75 Å². The molecule has 0 unspecified atom stereocenters. The Morgan fingerprint density at radius 2 is 2.00 bits per heavy atom. The van der Waals surface area contributed by atoms with Gasteiger partial charge in [-0.25, -0.2) is 4.98 Å². The molecule has 0 saturated carbocycles. The molecule has 3 aromatic rings. The van der Waals surface area contributed by atoms with E-state index in [1.807, 2.05) is 23.1 Å². The van der Waals surface area contributed by atoms with Gasteiger partial charge in [0.05, 0.1) is 30.0 Å². The van der Waals surface area contributed by atoms with Gasteiger partial charge in [0.25, 0.3) is 5.91 Å². The molecule has 26 heavy (non-hydrogen) atoms. The number of hydrogen-bond acceptors (Lipinski definition) is 3. The minimum Gasteiger partial charge on any atom is -0.496 e. The topological polar surface area (TPSA) is 58.2 Å². The smallest absolute Gasteiger partial charge is 0.257 e. The molecule has 1 aromatic heterocycles. The van der Waals surface area contributed by atoms with Crippen molar-refractivity contribution in [2.45, 2.75) is 19.3 Å². The second-order valence-electron chi connectivity index (χ2n) is 6.90. The number of H-pyrrole nitrogens is 1. The lowest BCUT2D eigenvalue weighted by Gasteiger charge is -2.32. The third kappa shape index (κ3) is 3.29. The van der Waals surface area contributed by atoms with Crippen molar-refractivity contribution >= 4 is 16.9 Å². The summed E-state index contributed by atoms with van der Waals surface area (Å²) in [4.78, 5) is 22.3. The molecule has 1 aliphatic heterocycles. The number of nitrogens with zero attached hydrogens (tertiary/aromatic N) is 2. The average molecular weight is 349 g/mol. The first kappa shape index (κ1) is 16.6. The molecule has 2 heterocycles. The van der Waals surface area contributed by atoms with Gasteiger partial charge in [0.1, 0.15) is 5.75 Å². The lowest BCUT2D eigenvalue weighted by Crippen LogP contribution is -2.39. The van der Waals surface area contributed by atoms with Crippen molar-refractivity contribution in [3.63, 3.8) is 0 Å². The molecular formula is C21H23N3O2. The molecule has 0 aliphatic carbocycles. The number of hydrogen-bond donors (Lipinski definition) is 1. The van der Waals surface area contributed by atoms with Gasteiger partial charge in [0, 0.05) is 19.2 Å². The largest absolute Gasteiger partial charge is 0.496 e. The lowest BCUT2D eigenvalue weighted by molar-refractivity contribution is 0.0687. The summed E-state index contributed by atoms with van der Waals surface area (Å²) < 4.78 is 5.44. The van der Waals surface area contributed by atoms with E-state index in [1.54, 1.807) is 13.4 Å². The zero-order valence-electron chi connectivity index (χ0n) is 14.9. The van der Waals surface area contributed by atoms with Crippen LogP contribution in [0.5, 0.6) is 5.75 Å². The SMILES string of the molecule is COc1cc2[nH]cnc2cc1C(=O)N1CCC(Cc2ccccc2)CC1. The van der Waals surface area contributed by atoms with Gasteiger partial charge in [-0.1, -0.05) is 30.3 Å². The van der Waals surface area contributed by atoms with Crippen molar-refractivity contribution in [3.05, 3.63) is 59.9 Å². The number of benzene rings is 2. The van der Waals surface area contributed by atoms with E-state index < -0.39 is 0 Å². The predicted molar refractivity (Wildman–Crippen MR) is 101 cm³/mol. The molecule has 0 radical (unpaired) electrons. The van der Waals surface area contributed by atoms with Crippen LogP contribution in [0, 0.1) is 5.92 Å². The Labute approximate surface area is 153 Å². The van der Waals surface area contributed by atoms with E-state index in [0.29, 0.717) is 17.2 Å². The van der Waals surface area contributed by atoms with Crippen molar-refractivity contribution in [2.75, 3.05) is 20.2 Å². The fourth-order valence-corrected chi connectivity index (χ4v) is 3.76. The van der Waals surface area contributed by atoms with Gasteiger partial charge >= 0.3 is 0 Å². The summed E-state index contributed by atoms with van der Waals surface area (Å²) in [5.74, 6) is 1.26. The van der Waals surface area contributed by atoms with E-state index in [-0.39, 0.29) is 5.91 Å². The number of rotatable bonds is 4. The number of amides is 1. The molecule has 0 atom stereocenters. The first-order valence-corrected chi connectivity index (χ1v) is 9.09. The highest BCUT2D eigenvalue weighted by Gasteiger charge is 2.26. The molecule has 4 rings (SSSR count). The minimum atomic E-state index is 0.0323. The van der Waals surface area contributed by atoms with Crippen LogP contribution in [0.25, 0.3) is 11.0 Å². The van der Waals surface area contributed by atoms with Gasteiger partial charge < -0.3 is 14.6 Å². The van der Waals surface area contributed by atoms with E-state index in [0.717, 1.165) is 43.4 Å². The van der Waals surface area contributed by atoms with Gasteiger partial charge in [-0.15, -0.1) is 0 Å². The van der Waals surface area contributed by atoms with E-state index in [1.165, 1.54) is 5.56 Å². The number of aromatic amines is 1. The molecule has 1 fully saturated rings. The molecule has 1 saturated heterocycles. The number of carbonyl (C=O) groups excluding carboxylic acids is 1. The summed E-state index contributed by atoms with van der Waals surface area (Å²) in [6.45, 7) is 1.58. The Kier molecular flexibility index (Phi) is 4.61. The normalized spacial score (nSPS) is 15.3. The van der Waals surface area contributed by atoms with E-state index >= 15 is 0 Å². The van der Waals surface area contributed by atoms with Crippen molar-refractivity contribution in [1.29, 1.82) is 0 Å². The Bertz CT molecular complexity index is 896. The van der Waals surface area contributed by atoms with Crippen LogP contribution in [0.4, 0.5) is 0 Å². The summed E-state index contributed by atoms with van der Waals surface area (Å²) in [6.07, 6.45) is 4.79. The zero-order chi connectivity index (χ0) is 17.9. The number of likely N-dealkylation sites (tertiary alicyclic amines) is 1. The molecular weight excluding hydrogens is 326 g/mol. The predicted octanol–water partition coefficient (Wildman–Crippen LogP) is 3.67. The second kappa shape index (κ2) is 7.20. The van der Waals surface area contributed by atoms with Gasteiger partial charge in [0.15, 0.2) is 0 Å². The Balaban J connectivity index is 1.45. The third-order valence-corrected chi connectivity index (χ3v) is 5.24. The molecule has 5 nitrogen and oxygen atoms in total. The molecule has 5 heteroatoms. The van der Waals surface area contributed by atoms with E-state index in [2.05, 4.69) is 34.2 Å². The first-order chi connectivity index (χ1) is 12.7. The molecule has 0 bridgehead atoms. The monoisotopic (exact) mass is 349 g/mol. The fourth-order valence-electron chi connectivity index (χ4n) is 3.76. The number of aromatic nitrogens is 2. The van der Waals surface area contributed by atoms with Crippen LogP contribution >= 0.6 is 0 Å². The Morgan fingerprint density at radius 1 is 1.23 bits per heavy atom. The van der Waals surface area contributed by atoms with Crippen molar-refractivity contribution < 1.29 is 9.53 Å². The number of ether oxygens (including phenoxy) is 1. The van der Waals surface area contributed by atoms with E-state index in [9.17, 15) is 4.79 Å². The maximum absolute atomic E-state index is 13.0. The number of fused-ring (bicyclic) bond motifs is 1. The Morgan fingerprint density at radius 3 is 2.73 bits per heavy atom. The van der Waals surface area contributed by atoms with Gasteiger partial charge in [0.2, 0.25) is 0 Å². The average Bonchev–Trinajstić information content (AvgIpc) is 3.15. The zero-order valence-corrected chi connectivity index (χ0v) is 14.9. The van der Waals surface area contributed by atoms with Crippen molar-refractivity contribution in [1.82, 2.24) is 14.9 Å². The van der Waals surface area contributed by atoms with Crippen LogP contribution in [0.15, 0.2) is 48.8 Å². The standard InChI is InChI=1S/C21H23N3O2/c1-26-20-13-19-18(22-14-23-19)12-17(20)21(25)24-9-7-16(8-10-24)11-15-5-3-2-4-6-15/h2-6,12-14,16H,7-11H2,1H3,(H,22,23). The Hall–Kier alpha value is -2.82. The lowest BCUT2D eigenvalue weighted by atomic mass is 9.90. The highest BCUT2D eigenvalue weighted by molar-refractivity contribution is 6.00. The third-order valence-electron chi connectivity index (χ3n) is 5.24. The summed E-state index contributed by atoms with van der Waals surface area (Å²) in [5.41, 5.74) is 3.63. The molecule has 2 aromatic carbocycles. The maximum Gasteiger partial charge on any atom is 0.257 e. The van der Waals surface area contributed by atoms with Crippen LogP contribution in [-0.2, 0) is 6.42 Å². The number of nitrogens with one attached hydrogen (secondary N) is 1. The van der Waals surface area contributed by atoms with Gasteiger partial charge in [-0.3, -0.25) is 4.79 Å². The second-order valence-corrected chi connectivity index (χ2v) is 6.90. The van der Waals surface area contributed by atoms with Gasteiger partial charge in [-0.05, 0) is 36.8 Å². The van der Waals surface area contributed by atoms with Crippen LogP contribution < -0.4 is 4.74 Å². The molecule has 1 N–H and O–H groups in total. The maximum atomic E-state index is 13.0. The first-order valence-electron chi connectivity index (χ1n) is 9.09. The quantitative estimate of drug-likeness (QED) is 0.782. The molecule has 134 valence electrons.